The van der Waals surface area contributed by atoms with E-state index in [1.807, 2.05) is 0 Å². The summed E-state index contributed by atoms with van der Waals surface area (Å²) in [6.45, 7) is 0. The summed E-state index contributed by atoms with van der Waals surface area (Å²) in [6.07, 6.45) is 1.06. The summed E-state index contributed by atoms with van der Waals surface area (Å²) in [5, 5.41) is 2.54. The Kier molecular flexibility index (Phi) is 4.46. The molecule has 0 aromatic heterocycles. The Morgan fingerprint density at radius 2 is 1.68 bits per heavy atom. The minimum atomic E-state index is -3.48. The van der Waals surface area contributed by atoms with E-state index >= 15 is 0 Å². The molecule has 0 bridgehead atoms. The van der Waals surface area contributed by atoms with Crippen LogP contribution < -0.4 is 9.62 Å². The fraction of sp³-hybridized carbons (Fsp3) is 0.133. The number of halogens is 1. The maximum absolute atomic E-state index is 13.6. The average molecular weight is 322 g/mol. The van der Waals surface area contributed by atoms with Crippen LogP contribution in [0.5, 0.6) is 0 Å². The minimum absolute atomic E-state index is 0.112. The van der Waals surface area contributed by atoms with Crippen molar-refractivity contribution in [2.45, 2.75) is 0 Å². The maximum atomic E-state index is 13.6. The van der Waals surface area contributed by atoms with Crippen LogP contribution in [0, 0.1) is 5.82 Å². The Hall–Kier alpha value is -2.41. The first-order chi connectivity index (χ1) is 10.3. The van der Waals surface area contributed by atoms with Gasteiger partial charge in [-0.05, 0) is 24.3 Å². The first-order valence-corrected chi connectivity index (χ1v) is 8.24. The average Bonchev–Trinajstić information content (AvgIpc) is 2.46. The number of benzene rings is 2. The van der Waals surface area contributed by atoms with Crippen LogP contribution in [0.25, 0.3) is 0 Å². The number of nitrogens with one attached hydrogen (secondary N) is 1. The van der Waals surface area contributed by atoms with Gasteiger partial charge in [-0.25, -0.2) is 12.8 Å². The predicted octanol–water partition coefficient (Wildman–Crippen LogP) is 2.47. The molecule has 2 aromatic rings. The van der Waals surface area contributed by atoms with Crippen molar-refractivity contribution in [2.75, 3.05) is 22.9 Å². The highest BCUT2D eigenvalue weighted by Crippen LogP contribution is 2.26. The number of amides is 1. The summed E-state index contributed by atoms with van der Waals surface area (Å²) in [6, 6.07) is 12.0. The van der Waals surface area contributed by atoms with Crippen LogP contribution in [-0.4, -0.2) is 27.6 Å². The summed E-state index contributed by atoms with van der Waals surface area (Å²) in [5.74, 6) is -1.29. The van der Waals surface area contributed by atoms with Crippen LogP contribution in [0.15, 0.2) is 48.5 Å². The van der Waals surface area contributed by atoms with Crippen LogP contribution in [0.4, 0.5) is 15.8 Å². The van der Waals surface area contributed by atoms with E-state index < -0.39 is 21.7 Å². The van der Waals surface area contributed by atoms with Crippen molar-refractivity contribution in [3.05, 3.63) is 59.9 Å². The van der Waals surface area contributed by atoms with E-state index in [1.54, 1.807) is 30.3 Å². The molecule has 0 aliphatic heterocycles. The SMILES string of the molecule is CN(c1ccccc1NC(=O)c1ccccc1F)S(C)(=O)=O. The van der Waals surface area contributed by atoms with Crippen molar-refractivity contribution in [3.63, 3.8) is 0 Å². The molecule has 2 aromatic carbocycles. The van der Waals surface area contributed by atoms with Gasteiger partial charge in [0.25, 0.3) is 5.91 Å². The number of hydrogen-bond acceptors (Lipinski definition) is 3. The van der Waals surface area contributed by atoms with E-state index in [1.165, 1.54) is 25.2 Å². The molecular weight excluding hydrogens is 307 g/mol. The highest BCUT2D eigenvalue weighted by molar-refractivity contribution is 7.92. The van der Waals surface area contributed by atoms with Crippen molar-refractivity contribution in [2.24, 2.45) is 0 Å². The summed E-state index contributed by atoms with van der Waals surface area (Å²) in [5.41, 5.74) is 0.470. The van der Waals surface area contributed by atoms with Crippen LogP contribution in [0.3, 0.4) is 0 Å². The second kappa shape index (κ2) is 6.15. The molecule has 0 heterocycles. The lowest BCUT2D eigenvalue weighted by Crippen LogP contribution is -2.26. The normalized spacial score (nSPS) is 11.0. The number of sulfonamides is 1. The number of nitrogens with zero attached hydrogens (tertiary/aromatic N) is 1. The topological polar surface area (TPSA) is 66.5 Å². The molecule has 0 atom stereocenters. The van der Waals surface area contributed by atoms with Crippen LogP contribution in [0.1, 0.15) is 10.4 Å². The molecule has 0 radical (unpaired) electrons. The zero-order valence-corrected chi connectivity index (χ0v) is 12.9. The lowest BCUT2D eigenvalue weighted by Gasteiger charge is -2.20. The summed E-state index contributed by atoms with van der Waals surface area (Å²) in [7, 11) is -2.10. The molecule has 7 heteroatoms. The van der Waals surface area contributed by atoms with Crippen molar-refractivity contribution >= 4 is 27.3 Å². The first kappa shape index (κ1) is 16.0. The van der Waals surface area contributed by atoms with Gasteiger partial charge < -0.3 is 5.32 Å². The highest BCUT2D eigenvalue weighted by Gasteiger charge is 2.18. The van der Waals surface area contributed by atoms with Gasteiger partial charge in [-0.3, -0.25) is 9.10 Å². The zero-order chi connectivity index (χ0) is 16.3. The van der Waals surface area contributed by atoms with Crippen LogP contribution in [0.2, 0.25) is 0 Å². The van der Waals surface area contributed by atoms with Gasteiger partial charge in [-0.15, -0.1) is 0 Å². The van der Waals surface area contributed by atoms with E-state index in [-0.39, 0.29) is 11.3 Å². The van der Waals surface area contributed by atoms with Crippen molar-refractivity contribution in [1.82, 2.24) is 0 Å². The number of carbonyl (C=O) groups excluding carboxylic acids is 1. The molecule has 116 valence electrons. The molecule has 0 spiro atoms. The Labute approximate surface area is 128 Å². The molecule has 0 saturated carbocycles. The van der Waals surface area contributed by atoms with Crippen molar-refractivity contribution in [1.29, 1.82) is 0 Å². The highest BCUT2D eigenvalue weighted by atomic mass is 32.2. The van der Waals surface area contributed by atoms with Gasteiger partial charge >= 0.3 is 0 Å². The lowest BCUT2D eigenvalue weighted by molar-refractivity contribution is 0.102. The fourth-order valence-electron chi connectivity index (χ4n) is 1.87. The third-order valence-corrected chi connectivity index (χ3v) is 4.30. The molecule has 1 N–H and O–H groups in total. The zero-order valence-electron chi connectivity index (χ0n) is 12.1. The molecule has 2 rings (SSSR count). The molecule has 0 unspecified atom stereocenters. The van der Waals surface area contributed by atoms with E-state index in [0.29, 0.717) is 5.69 Å². The summed E-state index contributed by atoms with van der Waals surface area (Å²) >= 11 is 0. The molecule has 22 heavy (non-hydrogen) atoms. The minimum Gasteiger partial charge on any atom is -0.320 e. The molecule has 0 saturated heterocycles. The van der Waals surface area contributed by atoms with Gasteiger partial charge in [0.1, 0.15) is 5.82 Å². The Morgan fingerprint density at radius 1 is 1.09 bits per heavy atom. The van der Waals surface area contributed by atoms with Crippen LogP contribution >= 0.6 is 0 Å². The van der Waals surface area contributed by atoms with E-state index in [9.17, 15) is 17.6 Å². The number of anilines is 2. The Bertz CT molecular complexity index is 806. The third-order valence-electron chi connectivity index (χ3n) is 3.11. The smallest absolute Gasteiger partial charge is 0.258 e. The van der Waals surface area contributed by atoms with Crippen molar-refractivity contribution < 1.29 is 17.6 Å². The largest absolute Gasteiger partial charge is 0.320 e. The van der Waals surface area contributed by atoms with Gasteiger partial charge in [0.05, 0.1) is 23.2 Å². The number of para-hydroxylation sites is 2. The third kappa shape index (κ3) is 3.43. The Morgan fingerprint density at radius 3 is 2.32 bits per heavy atom. The quantitative estimate of drug-likeness (QED) is 0.940. The lowest BCUT2D eigenvalue weighted by atomic mass is 10.2. The number of carbonyl (C=O) groups is 1. The van der Waals surface area contributed by atoms with Gasteiger partial charge in [0.15, 0.2) is 0 Å². The Balaban J connectivity index is 2.35. The maximum Gasteiger partial charge on any atom is 0.258 e. The van der Waals surface area contributed by atoms with Crippen molar-refractivity contribution in [3.8, 4) is 0 Å². The summed E-state index contributed by atoms with van der Waals surface area (Å²) in [4.78, 5) is 12.1. The predicted molar refractivity (Wildman–Crippen MR) is 84.0 cm³/mol. The van der Waals surface area contributed by atoms with Gasteiger partial charge in [0, 0.05) is 7.05 Å². The van der Waals surface area contributed by atoms with Gasteiger partial charge in [0.2, 0.25) is 10.0 Å². The summed E-state index contributed by atoms with van der Waals surface area (Å²) < 4.78 is 38.0. The van der Waals surface area contributed by atoms with Gasteiger partial charge in [-0.2, -0.15) is 0 Å². The molecule has 1 amide bonds. The van der Waals surface area contributed by atoms with Crippen LogP contribution in [-0.2, 0) is 10.0 Å². The number of hydrogen-bond donors (Lipinski definition) is 1. The van der Waals surface area contributed by atoms with Gasteiger partial charge in [-0.1, -0.05) is 24.3 Å². The molecule has 0 aliphatic carbocycles. The molecule has 0 fully saturated rings. The second-order valence-corrected chi connectivity index (χ2v) is 6.70. The molecular formula is C15H15FN2O3S. The second-order valence-electron chi connectivity index (χ2n) is 4.68. The molecule has 0 aliphatic rings. The van der Waals surface area contributed by atoms with E-state index in [4.69, 9.17) is 0 Å². The fourth-order valence-corrected chi connectivity index (χ4v) is 2.38. The monoisotopic (exact) mass is 322 g/mol. The standard InChI is InChI=1S/C15H15FN2O3S/c1-18(22(2,20)21)14-10-6-5-9-13(14)17-15(19)11-7-3-4-8-12(11)16/h3-10H,1-2H3,(H,17,19). The molecule has 5 nitrogen and oxygen atoms in total. The number of rotatable bonds is 4. The first-order valence-electron chi connectivity index (χ1n) is 6.39. The van der Waals surface area contributed by atoms with E-state index in [2.05, 4.69) is 5.32 Å². The van der Waals surface area contributed by atoms with E-state index in [0.717, 1.165) is 10.6 Å².